The number of carbonyl (C=O) groups excluding carboxylic acids is 2. The summed E-state index contributed by atoms with van der Waals surface area (Å²) in [7, 11) is 1.25. The molecule has 9 heteroatoms. The van der Waals surface area contributed by atoms with E-state index in [9.17, 15) is 22.8 Å². The van der Waals surface area contributed by atoms with Gasteiger partial charge in [-0.1, -0.05) is 18.2 Å². The van der Waals surface area contributed by atoms with Gasteiger partial charge in [0.1, 0.15) is 11.3 Å². The average molecular weight is 494 g/mol. The van der Waals surface area contributed by atoms with E-state index in [2.05, 4.69) is 15.0 Å². The lowest BCUT2D eigenvalue weighted by molar-refractivity contribution is -0.136. The van der Waals surface area contributed by atoms with Crippen LogP contribution in [0.1, 0.15) is 32.9 Å². The molecule has 2 aromatic heterocycles. The molecule has 0 radical (unpaired) electrons. The lowest BCUT2D eigenvalue weighted by atomic mass is 9.99. The Labute approximate surface area is 204 Å². The highest BCUT2D eigenvalue weighted by Gasteiger charge is 2.35. The zero-order valence-electron chi connectivity index (χ0n) is 19.3. The molecule has 0 aliphatic heterocycles. The Bertz CT molecular complexity index is 1440. The normalized spacial score (nSPS) is 11.7. The van der Waals surface area contributed by atoms with Crippen molar-refractivity contribution >= 4 is 28.9 Å². The van der Waals surface area contributed by atoms with Gasteiger partial charge in [0.2, 0.25) is 5.91 Å². The largest absolute Gasteiger partial charge is 0.465 e. The van der Waals surface area contributed by atoms with Crippen molar-refractivity contribution in [1.29, 1.82) is 0 Å². The second kappa shape index (κ2) is 10.1. The van der Waals surface area contributed by atoms with E-state index in [-0.39, 0.29) is 28.8 Å². The van der Waals surface area contributed by atoms with Crippen LogP contribution in [0.5, 0.6) is 0 Å². The van der Waals surface area contributed by atoms with Gasteiger partial charge in [0.25, 0.3) is 0 Å². The van der Waals surface area contributed by atoms with Gasteiger partial charge >= 0.3 is 12.1 Å². The first-order valence-electron chi connectivity index (χ1n) is 10.8. The molecule has 0 unspecified atom stereocenters. The number of hydrogen-bond donors (Lipinski definition) is 1. The molecule has 0 saturated heterocycles. The van der Waals surface area contributed by atoms with E-state index in [1.807, 2.05) is 19.1 Å². The van der Waals surface area contributed by atoms with Gasteiger partial charge in [0, 0.05) is 23.4 Å². The summed E-state index contributed by atoms with van der Waals surface area (Å²) in [5.41, 5.74) is 1.41. The molecule has 0 aliphatic carbocycles. The summed E-state index contributed by atoms with van der Waals surface area (Å²) in [5, 5.41) is 2.84. The fraction of sp³-hybridized carbons (Fsp3) is 0.148. The van der Waals surface area contributed by atoms with Crippen LogP contribution < -0.4 is 5.32 Å². The number of esters is 1. The van der Waals surface area contributed by atoms with Crippen LogP contribution in [0.2, 0.25) is 0 Å². The van der Waals surface area contributed by atoms with E-state index in [0.29, 0.717) is 11.1 Å². The van der Waals surface area contributed by atoms with Crippen molar-refractivity contribution in [2.75, 3.05) is 7.11 Å². The summed E-state index contributed by atoms with van der Waals surface area (Å²) in [6.07, 6.45) is -0.146. The molecule has 4 aromatic rings. The third-order valence-corrected chi connectivity index (χ3v) is 5.41. The zero-order chi connectivity index (χ0) is 25.9. The van der Waals surface area contributed by atoms with Crippen LogP contribution in [0.15, 0.2) is 71.3 Å². The van der Waals surface area contributed by atoms with Crippen molar-refractivity contribution in [2.45, 2.75) is 19.6 Å². The Morgan fingerprint density at radius 1 is 1.06 bits per heavy atom. The van der Waals surface area contributed by atoms with Gasteiger partial charge in [-0.3, -0.25) is 9.78 Å². The monoisotopic (exact) mass is 494 g/mol. The molecule has 0 saturated carbocycles. The summed E-state index contributed by atoms with van der Waals surface area (Å²) in [4.78, 5) is 27.9. The van der Waals surface area contributed by atoms with E-state index in [4.69, 9.17) is 4.42 Å². The van der Waals surface area contributed by atoms with Crippen LogP contribution in [0.4, 0.5) is 13.2 Å². The molecule has 36 heavy (non-hydrogen) atoms. The third-order valence-electron chi connectivity index (χ3n) is 5.41. The second-order valence-corrected chi connectivity index (χ2v) is 8.01. The number of nitrogens with one attached hydrogen (secondary N) is 1. The Morgan fingerprint density at radius 2 is 1.81 bits per heavy atom. The maximum atomic E-state index is 13.8. The van der Waals surface area contributed by atoms with Crippen molar-refractivity contribution in [2.24, 2.45) is 0 Å². The maximum Gasteiger partial charge on any atom is 0.420 e. The number of ether oxygens (including phenoxy) is 1. The third kappa shape index (κ3) is 5.63. The number of fused-ring (bicyclic) bond motifs is 1. The lowest BCUT2D eigenvalue weighted by Gasteiger charge is -2.10. The van der Waals surface area contributed by atoms with Gasteiger partial charge < -0.3 is 14.5 Å². The SMILES string of the molecule is COC(=O)c1ccc(-c2cc(C(F)(F)F)c3oc(CNC(=O)/C=C/c4ccc(C)nc4)cc3c2)cc1. The van der Waals surface area contributed by atoms with Crippen LogP contribution >= 0.6 is 0 Å². The average Bonchev–Trinajstić information content (AvgIpc) is 3.28. The number of benzene rings is 2. The van der Waals surface area contributed by atoms with Gasteiger partial charge in [0.15, 0.2) is 0 Å². The van der Waals surface area contributed by atoms with E-state index >= 15 is 0 Å². The summed E-state index contributed by atoms with van der Waals surface area (Å²) in [6.45, 7) is 1.76. The molecule has 1 N–H and O–H groups in total. The Morgan fingerprint density at radius 3 is 2.44 bits per heavy atom. The summed E-state index contributed by atoms with van der Waals surface area (Å²) in [6, 6.07) is 13.7. The lowest BCUT2D eigenvalue weighted by Crippen LogP contribution is -2.19. The standard InChI is InChI=1S/C27H21F3N2O4/c1-16-3-4-17(14-31-16)5-10-24(33)32-15-22-12-21-11-20(13-23(25(21)36-22)27(28,29)30)18-6-8-19(9-7-18)26(34)35-2/h3-14H,15H2,1-2H3,(H,32,33)/b10-5+. The molecule has 4 rings (SSSR count). The van der Waals surface area contributed by atoms with E-state index in [1.54, 1.807) is 30.5 Å². The van der Waals surface area contributed by atoms with E-state index in [0.717, 1.165) is 17.3 Å². The van der Waals surface area contributed by atoms with Crippen molar-refractivity contribution in [3.05, 3.63) is 95.0 Å². The Balaban J connectivity index is 1.57. The molecular weight excluding hydrogens is 473 g/mol. The fourth-order valence-electron chi connectivity index (χ4n) is 3.57. The number of alkyl halides is 3. The first kappa shape index (κ1) is 24.7. The number of nitrogens with zero attached hydrogens (tertiary/aromatic N) is 1. The molecule has 1 amide bonds. The minimum Gasteiger partial charge on any atom is -0.465 e. The summed E-state index contributed by atoms with van der Waals surface area (Å²) in [5.74, 6) is -0.800. The number of aromatic nitrogens is 1. The number of aryl methyl sites for hydroxylation is 1. The van der Waals surface area contributed by atoms with Crippen LogP contribution in [0.25, 0.3) is 28.2 Å². The fourth-order valence-corrected chi connectivity index (χ4v) is 3.57. The van der Waals surface area contributed by atoms with E-state index < -0.39 is 23.6 Å². The molecule has 0 spiro atoms. The minimum atomic E-state index is -4.66. The van der Waals surface area contributed by atoms with Gasteiger partial charge in [-0.05, 0) is 66.1 Å². The molecule has 0 atom stereocenters. The maximum absolute atomic E-state index is 13.8. The highest BCUT2D eigenvalue weighted by molar-refractivity contribution is 5.92. The Kier molecular flexibility index (Phi) is 6.91. The van der Waals surface area contributed by atoms with Crippen molar-refractivity contribution < 1.29 is 31.9 Å². The van der Waals surface area contributed by atoms with Gasteiger partial charge in [-0.15, -0.1) is 0 Å². The number of furan rings is 1. The topological polar surface area (TPSA) is 81.4 Å². The zero-order valence-corrected chi connectivity index (χ0v) is 19.3. The van der Waals surface area contributed by atoms with Crippen molar-refractivity contribution in [3.63, 3.8) is 0 Å². The predicted octanol–water partition coefficient (Wildman–Crippen LogP) is 5.94. The highest BCUT2D eigenvalue weighted by atomic mass is 19.4. The molecular formula is C27H21F3N2O4. The first-order valence-corrected chi connectivity index (χ1v) is 10.8. The summed E-state index contributed by atoms with van der Waals surface area (Å²) < 4.78 is 51.6. The summed E-state index contributed by atoms with van der Waals surface area (Å²) >= 11 is 0. The number of pyridine rings is 1. The van der Waals surface area contributed by atoms with Crippen LogP contribution in [0.3, 0.4) is 0 Å². The molecule has 6 nitrogen and oxygen atoms in total. The second-order valence-electron chi connectivity index (χ2n) is 8.01. The van der Waals surface area contributed by atoms with Crippen molar-refractivity contribution in [3.8, 4) is 11.1 Å². The molecule has 0 aliphatic rings. The number of rotatable bonds is 6. The molecule has 2 heterocycles. The highest BCUT2D eigenvalue weighted by Crippen LogP contribution is 2.39. The van der Waals surface area contributed by atoms with Crippen molar-refractivity contribution in [1.82, 2.24) is 10.3 Å². The van der Waals surface area contributed by atoms with Gasteiger partial charge in [-0.25, -0.2) is 4.79 Å². The van der Waals surface area contributed by atoms with Gasteiger partial charge in [-0.2, -0.15) is 13.2 Å². The molecule has 184 valence electrons. The number of carbonyl (C=O) groups is 2. The van der Waals surface area contributed by atoms with Crippen LogP contribution in [0, 0.1) is 6.92 Å². The molecule has 0 bridgehead atoms. The number of halogens is 3. The number of methoxy groups -OCH3 is 1. The van der Waals surface area contributed by atoms with Gasteiger partial charge in [0.05, 0.1) is 24.8 Å². The quantitative estimate of drug-likeness (QED) is 0.265. The smallest absolute Gasteiger partial charge is 0.420 e. The molecule has 0 fully saturated rings. The first-order chi connectivity index (χ1) is 17.1. The van der Waals surface area contributed by atoms with Crippen LogP contribution in [-0.2, 0) is 22.3 Å². The number of hydrogen-bond acceptors (Lipinski definition) is 5. The minimum absolute atomic E-state index is 0.0928. The van der Waals surface area contributed by atoms with Crippen LogP contribution in [-0.4, -0.2) is 24.0 Å². The predicted molar refractivity (Wildman–Crippen MR) is 128 cm³/mol. The molecule has 2 aromatic carbocycles. The van der Waals surface area contributed by atoms with E-state index in [1.165, 1.54) is 31.4 Å². The Hall–Kier alpha value is -4.40. The number of amides is 1.